The topological polar surface area (TPSA) is 38.7 Å². The van der Waals surface area contributed by atoms with E-state index in [0.717, 1.165) is 12.1 Å². The van der Waals surface area contributed by atoms with Gasteiger partial charge >= 0.3 is 6.18 Å². The zero-order chi connectivity index (χ0) is 13.2. The molecule has 0 aliphatic rings. The molecule has 0 radical (unpaired) electrons. The Morgan fingerprint density at radius 2 is 1.72 bits per heavy atom. The van der Waals surface area contributed by atoms with Crippen LogP contribution in [0.3, 0.4) is 0 Å². The van der Waals surface area contributed by atoms with Gasteiger partial charge in [-0.1, -0.05) is 23.9 Å². The lowest BCUT2D eigenvalue weighted by atomic mass is 10.1. The molecule has 0 spiro atoms. The smallest absolute Gasteiger partial charge is 0.227 e. The first kappa shape index (κ1) is 12.8. The van der Waals surface area contributed by atoms with Crippen molar-refractivity contribution in [3.05, 3.63) is 36.0 Å². The van der Waals surface area contributed by atoms with Gasteiger partial charge in [0.2, 0.25) is 5.16 Å². The summed E-state index contributed by atoms with van der Waals surface area (Å²) in [6.07, 6.45) is -1.03. The van der Waals surface area contributed by atoms with Crippen molar-refractivity contribution in [3.8, 4) is 11.3 Å². The second-order valence-corrected chi connectivity index (χ2v) is 4.18. The molecule has 1 aromatic heterocycles. The first-order valence-electron chi connectivity index (χ1n) is 4.92. The lowest BCUT2D eigenvalue weighted by Gasteiger charge is -2.06. The minimum atomic E-state index is -4.33. The van der Waals surface area contributed by atoms with Crippen LogP contribution in [0.15, 0.2) is 35.6 Å². The van der Waals surface area contributed by atoms with Crippen molar-refractivity contribution in [3.63, 3.8) is 0 Å². The number of benzene rings is 1. The molecule has 18 heavy (non-hydrogen) atoms. The van der Waals surface area contributed by atoms with Gasteiger partial charge in [0.25, 0.3) is 0 Å². The predicted molar refractivity (Wildman–Crippen MR) is 62.0 cm³/mol. The van der Waals surface area contributed by atoms with Gasteiger partial charge in [-0.3, -0.25) is 0 Å². The molecule has 0 saturated carbocycles. The summed E-state index contributed by atoms with van der Waals surface area (Å²) >= 11 is 1.35. The molecule has 3 nitrogen and oxygen atoms in total. The number of rotatable bonds is 2. The van der Waals surface area contributed by atoms with E-state index < -0.39 is 11.7 Å². The van der Waals surface area contributed by atoms with Crippen molar-refractivity contribution < 1.29 is 13.2 Å². The van der Waals surface area contributed by atoms with Crippen LogP contribution in [0.2, 0.25) is 0 Å². The number of alkyl halides is 3. The van der Waals surface area contributed by atoms with Crippen molar-refractivity contribution in [1.82, 2.24) is 15.2 Å². The van der Waals surface area contributed by atoms with Crippen LogP contribution >= 0.6 is 11.8 Å². The van der Waals surface area contributed by atoms with E-state index >= 15 is 0 Å². The second kappa shape index (κ2) is 4.93. The number of aromatic nitrogens is 3. The van der Waals surface area contributed by atoms with E-state index in [9.17, 15) is 13.2 Å². The third kappa shape index (κ3) is 2.79. The number of hydrogen-bond acceptors (Lipinski definition) is 4. The van der Waals surface area contributed by atoms with Gasteiger partial charge in [0.05, 0.1) is 11.8 Å². The molecule has 0 fully saturated rings. The number of halogens is 3. The van der Waals surface area contributed by atoms with Crippen LogP contribution < -0.4 is 0 Å². The number of thioether (sulfide) groups is 1. The lowest BCUT2D eigenvalue weighted by Crippen LogP contribution is -2.04. The molecule has 1 heterocycles. The molecule has 2 aromatic rings. The van der Waals surface area contributed by atoms with Gasteiger partial charge in [0, 0.05) is 5.56 Å². The Balaban J connectivity index is 2.28. The van der Waals surface area contributed by atoms with Crippen LogP contribution in [-0.2, 0) is 6.18 Å². The summed E-state index contributed by atoms with van der Waals surface area (Å²) in [6, 6.07) is 4.74. The maximum absolute atomic E-state index is 12.4. The van der Waals surface area contributed by atoms with E-state index in [1.54, 1.807) is 0 Å². The van der Waals surface area contributed by atoms with Gasteiger partial charge in [0.15, 0.2) is 0 Å². The fourth-order valence-corrected chi connectivity index (χ4v) is 1.60. The fourth-order valence-electron chi connectivity index (χ4n) is 1.32. The van der Waals surface area contributed by atoms with E-state index in [2.05, 4.69) is 15.2 Å². The van der Waals surface area contributed by atoms with Gasteiger partial charge in [0.1, 0.15) is 5.69 Å². The van der Waals surface area contributed by atoms with Crippen LogP contribution in [0.25, 0.3) is 11.3 Å². The SMILES string of the molecule is CSc1ncc(-c2ccc(C(F)(F)F)cc2)nn1. The Bertz CT molecular complexity index is 523. The highest BCUT2D eigenvalue weighted by molar-refractivity contribution is 7.98. The maximum atomic E-state index is 12.4. The molecule has 0 amide bonds. The van der Waals surface area contributed by atoms with E-state index in [0.29, 0.717) is 16.4 Å². The number of nitrogens with zero attached hydrogens (tertiary/aromatic N) is 3. The zero-order valence-electron chi connectivity index (χ0n) is 9.27. The molecule has 0 N–H and O–H groups in total. The average Bonchev–Trinajstić information content (AvgIpc) is 2.38. The Hall–Kier alpha value is -1.63. The molecule has 94 valence electrons. The monoisotopic (exact) mass is 271 g/mol. The average molecular weight is 271 g/mol. The first-order valence-corrected chi connectivity index (χ1v) is 6.14. The van der Waals surface area contributed by atoms with Crippen LogP contribution in [0.1, 0.15) is 5.56 Å². The highest BCUT2D eigenvalue weighted by Crippen LogP contribution is 2.30. The summed E-state index contributed by atoms with van der Waals surface area (Å²) in [5.74, 6) is 0. The molecule has 0 unspecified atom stereocenters. The Morgan fingerprint density at radius 1 is 1.06 bits per heavy atom. The van der Waals surface area contributed by atoms with E-state index in [1.165, 1.54) is 30.1 Å². The van der Waals surface area contributed by atoms with Gasteiger partial charge in [-0.2, -0.15) is 13.2 Å². The van der Waals surface area contributed by atoms with E-state index in [4.69, 9.17) is 0 Å². The van der Waals surface area contributed by atoms with Crippen molar-refractivity contribution in [2.75, 3.05) is 6.26 Å². The summed E-state index contributed by atoms with van der Waals surface area (Å²) in [4.78, 5) is 4.01. The molecular weight excluding hydrogens is 263 g/mol. The maximum Gasteiger partial charge on any atom is 0.416 e. The van der Waals surface area contributed by atoms with Gasteiger partial charge in [-0.05, 0) is 18.4 Å². The molecule has 0 atom stereocenters. The molecule has 0 aliphatic carbocycles. The highest BCUT2D eigenvalue weighted by atomic mass is 32.2. The first-order chi connectivity index (χ1) is 8.50. The quantitative estimate of drug-likeness (QED) is 0.786. The minimum absolute atomic E-state index is 0.446. The lowest BCUT2D eigenvalue weighted by molar-refractivity contribution is -0.137. The van der Waals surface area contributed by atoms with Gasteiger partial charge < -0.3 is 0 Å². The summed E-state index contributed by atoms with van der Waals surface area (Å²) in [5.41, 5.74) is 0.310. The molecule has 0 bridgehead atoms. The summed E-state index contributed by atoms with van der Waals surface area (Å²) in [7, 11) is 0. The molecular formula is C11H8F3N3S. The third-order valence-electron chi connectivity index (χ3n) is 2.23. The highest BCUT2D eigenvalue weighted by Gasteiger charge is 2.29. The van der Waals surface area contributed by atoms with Gasteiger partial charge in [-0.15, -0.1) is 10.2 Å². The number of hydrogen-bond donors (Lipinski definition) is 0. The summed E-state index contributed by atoms with van der Waals surface area (Å²) in [5, 5.41) is 8.24. The Morgan fingerprint density at radius 3 is 2.17 bits per heavy atom. The molecule has 1 aromatic carbocycles. The molecule has 0 aliphatic heterocycles. The normalized spacial score (nSPS) is 11.6. The predicted octanol–water partition coefficient (Wildman–Crippen LogP) is 3.28. The van der Waals surface area contributed by atoms with Crippen LogP contribution in [0.5, 0.6) is 0 Å². The van der Waals surface area contributed by atoms with Crippen LogP contribution in [0, 0.1) is 0 Å². The standard InChI is InChI=1S/C11H8F3N3S/c1-18-10-15-6-9(16-17-10)7-2-4-8(5-3-7)11(12,13)14/h2-6H,1H3. The largest absolute Gasteiger partial charge is 0.416 e. The molecule has 0 saturated heterocycles. The van der Waals surface area contributed by atoms with Crippen molar-refractivity contribution in [1.29, 1.82) is 0 Å². The van der Waals surface area contributed by atoms with Crippen molar-refractivity contribution in [2.45, 2.75) is 11.3 Å². The van der Waals surface area contributed by atoms with E-state index in [-0.39, 0.29) is 0 Å². The van der Waals surface area contributed by atoms with E-state index in [1.807, 2.05) is 6.26 Å². The third-order valence-corrected chi connectivity index (χ3v) is 2.78. The van der Waals surface area contributed by atoms with Gasteiger partial charge in [-0.25, -0.2) is 4.98 Å². The summed E-state index contributed by atoms with van der Waals surface area (Å²) < 4.78 is 37.1. The molecule has 2 rings (SSSR count). The minimum Gasteiger partial charge on any atom is -0.227 e. The van der Waals surface area contributed by atoms with Crippen molar-refractivity contribution in [2.24, 2.45) is 0 Å². The second-order valence-electron chi connectivity index (χ2n) is 3.41. The molecule has 7 heteroatoms. The van der Waals surface area contributed by atoms with Crippen LogP contribution in [-0.4, -0.2) is 21.4 Å². The fraction of sp³-hybridized carbons (Fsp3) is 0.182. The van der Waals surface area contributed by atoms with Crippen LogP contribution in [0.4, 0.5) is 13.2 Å². The Kier molecular flexibility index (Phi) is 3.51. The summed E-state index contributed by atoms with van der Waals surface area (Å²) in [6.45, 7) is 0. The zero-order valence-corrected chi connectivity index (χ0v) is 10.1. The van der Waals surface area contributed by atoms with Crippen molar-refractivity contribution >= 4 is 11.8 Å². The Labute approximate surface area is 105 Å².